The number of amides is 1. The monoisotopic (exact) mass is 405 g/mol. The summed E-state index contributed by atoms with van der Waals surface area (Å²) in [7, 11) is 0. The highest BCUT2D eigenvalue weighted by molar-refractivity contribution is 9.10. The number of aromatic nitrogens is 2. The summed E-state index contributed by atoms with van der Waals surface area (Å²) in [5.41, 5.74) is 1.43. The van der Waals surface area contributed by atoms with Crippen LogP contribution < -0.4 is 5.32 Å². The van der Waals surface area contributed by atoms with Crippen molar-refractivity contribution in [3.8, 4) is 11.3 Å². The zero-order valence-electron chi connectivity index (χ0n) is 14.5. The second-order valence-electron chi connectivity index (χ2n) is 6.82. The maximum Gasteiger partial charge on any atom is 0.228 e. The van der Waals surface area contributed by atoms with Crippen molar-refractivity contribution in [2.75, 3.05) is 5.32 Å². The second-order valence-corrected chi connectivity index (χ2v) is 7.73. The lowest BCUT2D eigenvalue weighted by molar-refractivity contribution is -0.121. The third kappa shape index (κ3) is 4.69. The Morgan fingerprint density at radius 2 is 1.92 bits per heavy atom. The van der Waals surface area contributed by atoms with Gasteiger partial charge in [-0.05, 0) is 54.0 Å². The molecule has 1 aromatic carbocycles. The molecule has 0 bridgehead atoms. The first kappa shape index (κ1) is 18.1. The van der Waals surface area contributed by atoms with Gasteiger partial charge in [-0.2, -0.15) is 0 Å². The molecule has 134 valence electrons. The van der Waals surface area contributed by atoms with Gasteiger partial charge in [0.1, 0.15) is 0 Å². The predicted molar refractivity (Wildman–Crippen MR) is 101 cm³/mol. The first-order chi connectivity index (χ1) is 12.2. The van der Waals surface area contributed by atoms with Crippen molar-refractivity contribution >= 4 is 27.7 Å². The number of rotatable bonds is 6. The predicted octanol–water partition coefficient (Wildman–Crippen LogP) is 5.43. The third-order valence-electron chi connectivity index (χ3n) is 5.03. The van der Waals surface area contributed by atoms with Crippen LogP contribution in [0.1, 0.15) is 51.9 Å². The van der Waals surface area contributed by atoms with E-state index in [0.29, 0.717) is 11.5 Å². The Hall–Kier alpha value is -1.69. The van der Waals surface area contributed by atoms with Crippen LogP contribution in [0, 0.1) is 11.8 Å². The van der Waals surface area contributed by atoms with Crippen molar-refractivity contribution in [3.05, 3.63) is 28.7 Å². The molecule has 0 atom stereocenters. The molecule has 1 saturated carbocycles. The summed E-state index contributed by atoms with van der Waals surface area (Å²) in [6.45, 7) is 2.23. The SMILES string of the molecule is CCCCC1CCC(C(=O)Nc2nonc2-c2ccc(Br)cc2)CC1. The number of anilines is 1. The van der Waals surface area contributed by atoms with Crippen LogP contribution in [-0.2, 0) is 4.79 Å². The van der Waals surface area contributed by atoms with Crippen LogP contribution in [-0.4, -0.2) is 16.2 Å². The van der Waals surface area contributed by atoms with E-state index in [-0.39, 0.29) is 11.8 Å². The molecule has 1 aliphatic rings. The molecular weight excluding hydrogens is 382 g/mol. The molecule has 2 aromatic rings. The van der Waals surface area contributed by atoms with Crippen molar-refractivity contribution in [1.82, 2.24) is 10.3 Å². The van der Waals surface area contributed by atoms with Gasteiger partial charge in [-0.25, -0.2) is 4.63 Å². The first-order valence-electron chi connectivity index (χ1n) is 9.06. The Morgan fingerprint density at radius 1 is 1.20 bits per heavy atom. The maximum absolute atomic E-state index is 12.6. The average molecular weight is 406 g/mol. The molecule has 1 aromatic heterocycles. The van der Waals surface area contributed by atoms with Gasteiger partial charge in [0.2, 0.25) is 11.7 Å². The smallest absolute Gasteiger partial charge is 0.228 e. The molecule has 6 heteroatoms. The highest BCUT2D eigenvalue weighted by Gasteiger charge is 2.27. The standard InChI is InChI=1S/C19H24BrN3O2/c1-2-3-4-13-5-7-15(8-6-13)19(24)21-18-17(22-25-23-18)14-9-11-16(20)12-10-14/h9-13,15H,2-8H2,1H3,(H,21,23,24). The van der Waals surface area contributed by atoms with Crippen LogP contribution in [0.2, 0.25) is 0 Å². The molecule has 0 saturated heterocycles. The Morgan fingerprint density at radius 3 is 2.60 bits per heavy atom. The highest BCUT2D eigenvalue weighted by atomic mass is 79.9. The van der Waals surface area contributed by atoms with Crippen molar-refractivity contribution in [3.63, 3.8) is 0 Å². The lowest BCUT2D eigenvalue weighted by atomic mass is 9.79. The van der Waals surface area contributed by atoms with Gasteiger partial charge in [0, 0.05) is 16.0 Å². The highest BCUT2D eigenvalue weighted by Crippen LogP contribution is 2.33. The molecule has 1 aliphatic carbocycles. The van der Waals surface area contributed by atoms with Crippen molar-refractivity contribution in [2.24, 2.45) is 11.8 Å². The number of benzene rings is 1. The number of nitrogens with zero attached hydrogens (tertiary/aromatic N) is 2. The summed E-state index contributed by atoms with van der Waals surface area (Å²) in [6.07, 6.45) is 8.05. The van der Waals surface area contributed by atoms with E-state index in [1.165, 1.54) is 19.3 Å². The fourth-order valence-electron chi connectivity index (χ4n) is 3.49. The van der Waals surface area contributed by atoms with Crippen molar-refractivity contribution in [2.45, 2.75) is 51.9 Å². The molecule has 5 nitrogen and oxygen atoms in total. The van der Waals surface area contributed by atoms with E-state index < -0.39 is 0 Å². The quantitative estimate of drug-likeness (QED) is 0.694. The van der Waals surface area contributed by atoms with Gasteiger partial charge in [-0.15, -0.1) is 0 Å². The summed E-state index contributed by atoms with van der Waals surface area (Å²) < 4.78 is 5.84. The van der Waals surface area contributed by atoms with Gasteiger partial charge < -0.3 is 5.32 Å². The number of unbranched alkanes of at least 4 members (excludes halogenated alkanes) is 1. The number of carbonyl (C=O) groups is 1. The summed E-state index contributed by atoms with van der Waals surface area (Å²) >= 11 is 3.41. The molecule has 1 fully saturated rings. The minimum Gasteiger partial charge on any atom is -0.306 e. The van der Waals surface area contributed by atoms with Gasteiger partial charge in [0.15, 0.2) is 5.69 Å². The molecule has 1 amide bonds. The summed E-state index contributed by atoms with van der Waals surface area (Å²) in [5.74, 6) is 1.28. The summed E-state index contributed by atoms with van der Waals surface area (Å²) in [4.78, 5) is 12.6. The number of halogens is 1. The first-order valence-corrected chi connectivity index (χ1v) is 9.86. The van der Waals surface area contributed by atoms with Gasteiger partial charge in [-0.3, -0.25) is 4.79 Å². The van der Waals surface area contributed by atoms with E-state index in [4.69, 9.17) is 4.63 Å². The summed E-state index contributed by atoms with van der Waals surface area (Å²) in [6, 6.07) is 7.68. The largest absolute Gasteiger partial charge is 0.306 e. The fraction of sp³-hybridized carbons (Fsp3) is 0.526. The van der Waals surface area contributed by atoms with Gasteiger partial charge in [0.25, 0.3) is 0 Å². The van der Waals surface area contributed by atoms with Crippen LogP contribution in [0.15, 0.2) is 33.4 Å². The number of carbonyl (C=O) groups excluding carboxylic acids is 1. The van der Waals surface area contributed by atoms with E-state index in [1.807, 2.05) is 24.3 Å². The summed E-state index contributed by atoms with van der Waals surface area (Å²) in [5, 5.41) is 10.7. The van der Waals surface area contributed by atoms with Crippen LogP contribution in [0.5, 0.6) is 0 Å². The van der Waals surface area contributed by atoms with Gasteiger partial charge >= 0.3 is 0 Å². The Labute approximate surface area is 156 Å². The molecule has 25 heavy (non-hydrogen) atoms. The van der Waals surface area contributed by atoms with Crippen LogP contribution in [0.3, 0.4) is 0 Å². The minimum absolute atomic E-state index is 0.0306. The Bertz CT molecular complexity index is 691. The number of nitrogens with one attached hydrogen (secondary N) is 1. The normalized spacial score (nSPS) is 20.4. The fourth-order valence-corrected chi connectivity index (χ4v) is 3.76. The van der Waals surface area contributed by atoms with Crippen molar-refractivity contribution < 1.29 is 9.42 Å². The molecule has 0 radical (unpaired) electrons. The third-order valence-corrected chi connectivity index (χ3v) is 5.56. The van der Waals surface area contributed by atoms with E-state index in [9.17, 15) is 4.79 Å². The molecular formula is C19H24BrN3O2. The van der Waals surface area contributed by atoms with Crippen LogP contribution in [0.25, 0.3) is 11.3 Å². The minimum atomic E-state index is 0.0306. The lowest BCUT2D eigenvalue weighted by Crippen LogP contribution is -2.27. The molecule has 1 heterocycles. The Kier molecular flexibility index (Phi) is 6.24. The van der Waals surface area contributed by atoms with Crippen LogP contribution >= 0.6 is 15.9 Å². The average Bonchev–Trinajstić information content (AvgIpc) is 3.09. The molecule has 1 N–H and O–H groups in total. The molecule has 0 spiro atoms. The van der Waals surface area contributed by atoms with Crippen molar-refractivity contribution in [1.29, 1.82) is 0 Å². The maximum atomic E-state index is 12.6. The van der Waals surface area contributed by atoms with Gasteiger partial charge in [-0.1, -0.05) is 54.2 Å². The molecule has 0 aliphatic heterocycles. The number of hydrogen-bond donors (Lipinski definition) is 1. The molecule has 3 rings (SSSR count). The zero-order chi connectivity index (χ0) is 17.6. The lowest BCUT2D eigenvalue weighted by Gasteiger charge is -2.27. The second kappa shape index (κ2) is 8.61. The van der Waals surface area contributed by atoms with E-state index in [1.54, 1.807) is 0 Å². The van der Waals surface area contributed by atoms with E-state index in [2.05, 4.69) is 38.5 Å². The molecule has 0 unspecified atom stereocenters. The van der Waals surface area contributed by atoms with Gasteiger partial charge in [0.05, 0.1) is 0 Å². The van der Waals surface area contributed by atoms with E-state index >= 15 is 0 Å². The van der Waals surface area contributed by atoms with Crippen LogP contribution in [0.4, 0.5) is 5.82 Å². The van der Waals surface area contributed by atoms with E-state index in [0.717, 1.165) is 41.6 Å². The topological polar surface area (TPSA) is 68.0 Å². The Balaban J connectivity index is 1.59. The number of hydrogen-bond acceptors (Lipinski definition) is 4. The zero-order valence-corrected chi connectivity index (χ0v) is 16.1.